The minimum absolute atomic E-state index is 0.0121. The van der Waals surface area contributed by atoms with Crippen LogP contribution in [0.2, 0.25) is 0 Å². The van der Waals surface area contributed by atoms with Crippen molar-refractivity contribution in [3.63, 3.8) is 0 Å². The molecular formula is C19H20F3N5O2. The second kappa shape index (κ2) is 9.46. The van der Waals surface area contributed by atoms with Crippen LogP contribution in [0.1, 0.15) is 36.0 Å². The predicted molar refractivity (Wildman–Crippen MR) is 102 cm³/mol. The molecule has 0 atom stereocenters. The van der Waals surface area contributed by atoms with Gasteiger partial charge in [-0.05, 0) is 55.9 Å². The molecule has 2 aromatic rings. The minimum atomic E-state index is -2.77. The van der Waals surface area contributed by atoms with Gasteiger partial charge in [0.2, 0.25) is 5.95 Å². The normalized spacial score (nSPS) is 19.6. The van der Waals surface area contributed by atoms with Crippen LogP contribution < -0.4 is 11.1 Å². The van der Waals surface area contributed by atoms with Gasteiger partial charge in [0.25, 0.3) is 5.91 Å². The smallest absolute Gasteiger partial charge is 0.345 e. The molecule has 1 heterocycles. The van der Waals surface area contributed by atoms with Crippen LogP contribution in [0.5, 0.6) is 0 Å². The molecule has 0 bridgehead atoms. The highest BCUT2D eigenvalue weighted by atomic mass is 19.3. The van der Waals surface area contributed by atoms with Crippen molar-refractivity contribution in [3.05, 3.63) is 41.8 Å². The first-order chi connectivity index (χ1) is 13.9. The van der Waals surface area contributed by atoms with Crippen molar-refractivity contribution in [3.8, 4) is 0 Å². The zero-order chi connectivity index (χ0) is 20.8. The summed E-state index contributed by atoms with van der Waals surface area (Å²) in [5.74, 6) is -0.822. The average molecular weight is 407 g/mol. The lowest BCUT2D eigenvalue weighted by Crippen LogP contribution is -2.24. The van der Waals surface area contributed by atoms with E-state index >= 15 is 0 Å². The van der Waals surface area contributed by atoms with Crippen LogP contribution in [0, 0.1) is 11.7 Å². The maximum absolute atomic E-state index is 12.9. The van der Waals surface area contributed by atoms with Gasteiger partial charge >= 0.3 is 6.61 Å². The van der Waals surface area contributed by atoms with E-state index in [9.17, 15) is 18.0 Å². The lowest BCUT2D eigenvalue weighted by atomic mass is 9.88. The maximum atomic E-state index is 12.9. The Kier molecular flexibility index (Phi) is 6.76. The SMILES string of the molecule is Nc1nc(Nc2ccc(F)cc2)ncc1C(=O)/N=C\C1CCC(OC(F)F)CC1. The molecule has 3 rings (SSSR count). The average Bonchev–Trinajstić information content (AvgIpc) is 2.69. The second-order valence-electron chi connectivity index (χ2n) is 6.64. The highest BCUT2D eigenvalue weighted by Crippen LogP contribution is 2.26. The number of alkyl halides is 2. The Morgan fingerprint density at radius 1 is 1.24 bits per heavy atom. The van der Waals surface area contributed by atoms with Gasteiger partial charge in [-0.3, -0.25) is 4.79 Å². The zero-order valence-corrected chi connectivity index (χ0v) is 15.4. The number of carbonyl (C=O) groups is 1. The van der Waals surface area contributed by atoms with Gasteiger partial charge < -0.3 is 15.8 Å². The summed E-state index contributed by atoms with van der Waals surface area (Å²) in [7, 11) is 0. The first-order valence-corrected chi connectivity index (χ1v) is 9.08. The highest BCUT2D eigenvalue weighted by Gasteiger charge is 2.23. The van der Waals surface area contributed by atoms with E-state index in [1.54, 1.807) is 0 Å². The van der Waals surface area contributed by atoms with Gasteiger partial charge in [-0.15, -0.1) is 0 Å². The van der Waals surface area contributed by atoms with E-state index in [0.717, 1.165) is 0 Å². The third kappa shape index (κ3) is 5.98. The molecule has 10 heteroatoms. The first-order valence-electron chi connectivity index (χ1n) is 9.08. The summed E-state index contributed by atoms with van der Waals surface area (Å²) >= 11 is 0. The molecule has 7 nitrogen and oxygen atoms in total. The van der Waals surface area contributed by atoms with Crippen LogP contribution in [0.4, 0.5) is 30.6 Å². The summed E-state index contributed by atoms with van der Waals surface area (Å²) in [6.45, 7) is -2.77. The number of nitrogens with one attached hydrogen (secondary N) is 1. The number of nitrogens with zero attached hydrogens (tertiary/aromatic N) is 3. The number of anilines is 3. The Balaban J connectivity index is 1.57. The van der Waals surface area contributed by atoms with Crippen LogP contribution in [0.3, 0.4) is 0 Å². The Morgan fingerprint density at radius 3 is 2.55 bits per heavy atom. The molecule has 1 aliphatic carbocycles. The van der Waals surface area contributed by atoms with Crippen molar-refractivity contribution in [2.24, 2.45) is 10.9 Å². The molecule has 0 aliphatic heterocycles. The summed E-state index contributed by atoms with van der Waals surface area (Å²) in [6, 6.07) is 5.59. The molecule has 29 heavy (non-hydrogen) atoms. The molecule has 0 saturated heterocycles. The molecule has 0 unspecified atom stereocenters. The van der Waals surface area contributed by atoms with Gasteiger partial charge in [0.05, 0.1) is 6.10 Å². The molecule has 0 radical (unpaired) electrons. The fourth-order valence-electron chi connectivity index (χ4n) is 3.04. The van der Waals surface area contributed by atoms with Gasteiger partial charge in [-0.1, -0.05) is 0 Å². The topological polar surface area (TPSA) is 102 Å². The molecule has 3 N–H and O–H groups in total. The number of rotatable bonds is 6. The molecule has 154 valence electrons. The number of halogens is 3. The summed E-state index contributed by atoms with van der Waals surface area (Å²) in [6.07, 6.45) is 4.53. The Bertz CT molecular complexity index is 869. The number of nitrogen functional groups attached to an aromatic ring is 1. The monoisotopic (exact) mass is 407 g/mol. The van der Waals surface area contributed by atoms with E-state index in [4.69, 9.17) is 5.73 Å². The molecular weight excluding hydrogens is 387 g/mol. The van der Waals surface area contributed by atoms with Crippen molar-refractivity contribution in [2.45, 2.75) is 38.4 Å². The lowest BCUT2D eigenvalue weighted by molar-refractivity contribution is -0.170. The van der Waals surface area contributed by atoms with Crippen molar-refractivity contribution in [1.82, 2.24) is 9.97 Å². The molecule has 1 aromatic heterocycles. The van der Waals surface area contributed by atoms with Crippen LogP contribution in [-0.4, -0.2) is 34.8 Å². The van der Waals surface area contributed by atoms with Crippen LogP contribution >= 0.6 is 0 Å². The number of hydrogen-bond donors (Lipinski definition) is 2. The second-order valence-corrected chi connectivity index (χ2v) is 6.64. The standard InChI is InChI=1S/C19H20F3N5O2/c20-12-3-5-13(6-4-12)26-19-25-10-15(16(23)27-19)17(28)24-9-11-1-7-14(8-2-11)29-18(21)22/h3-6,9-11,14,18H,1-2,7-8H2,(H3,23,25,26,27)/b24-9-. The summed E-state index contributed by atoms with van der Waals surface area (Å²) < 4.78 is 41.9. The third-order valence-corrected chi connectivity index (χ3v) is 4.57. The fraction of sp³-hybridized carbons (Fsp3) is 0.368. The molecule has 1 fully saturated rings. The maximum Gasteiger partial charge on any atom is 0.345 e. The highest BCUT2D eigenvalue weighted by molar-refractivity contribution is 6.02. The van der Waals surface area contributed by atoms with E-state index in [2.05, 4.69) is 25.0 Å². The predicted octanol–water partition coefficient (Wildman–Crippen LogP) is 3.95. The van der Waals surface area contributed by atoms with Gasteiger partial charge in [0, 0.05) is 18.1 Å². The number of ether oxygens (including phenoxy) is 1. The van der Waals surface area contributed by atoms with E-state index in [1.807, 2.05) is 0 Å². The summed E-state index contributed by atoms with van der Waals surface area (Å²) in [5, 5.41) is 2.86. The fourth-order valence-corrected chi connectivity index (χ4v) is 3.04. The molecule has 1 aromatic carbocycles. The van der Waals surface area contributed by atoms with Crippen LogP contribution in [0.15, 0.2) is 35.5 Å². The zero-order valence-electron chi connectivity index (χ0n) is 15.4. The van der Waals surface area contributed by atoms with Gasteiger partial charge in [0.15, 0.2) is 0 Å². The number of aromatic nitrogens is 2. The summed E-state index contributed by atoms with van der Waals surface area (Å²) in [4.78, 5) is 24.3. The van der Waals surface area contributed by atoms with Crippen molar-refractivity contribution in [1.29, 1.82) is 0 Å². The van der Waals surface area contributed by atoms with Gasteiger partial charge in [-0.2, -0.15) is 13.8 Å². The van der Waals surface area contributed by atoms with E-state index in [0.29, 0.717) is 31.4 Å². The third-order valence-electron chi connectivity index (χ3n) is 4.57. The molecule has 1 saturated carbocycles. The first kappa shape index (κ1) is 20.7. The van der Waals surface area contributed by atoms with Gasteiger partial charge in [0.1, 0.15) is 17.2 Å². The Labute approximate surface area is 165 Å². The Hall–Kier alpha value is -3.01. The molecule has 0 spiro atoms. The van der Waals surface area contributed by atoms with Crippen molar-refractivity contribution < 1.29 is 22.7 Å². The minimum Gasteiger partial charge on any atom is -0.383 e. The van der Waals surface area contributed by atoms with E-state index in [1.165, 1.54) is 36.7 Å². The number of aliphatic imine (C=N–C) groups is 1. The van der Waals surface area contributed by atoms with Gasteiger partial charge in [-0.25, -0.2) is 14.4 Å². The summed E-state index contributed by atoms with van der Waals surface area (Å²) in [5.41, 5.74) is 6.46. The molecule has 1 aliphatic rings. The number of carbonyl (C=O) groups excluding carboxylic acids is 1. The van der Waals surface area contributed by atoms with Crippen molar-refractivity contribution >= 4 is 29.6 Å². The van der Waals surface area contributed by atoms with Crippen molar-refractivity contribution in [2.75, 3.05) is 11.1 Å². The van der Waals surface area contributed by atoms with E-state index < -0.39 is 18.6 Å². The number of nitrogens with two attached hydrogens (primary N) is 1. The quantitative estimate of drug-likeness (QED) is 0.703. The molecule has 1 amide bonds. The van der Waals surface area contributed by atoms with Crippen LogP contribution in [-0.2, 0) is 4.74 Å². The Morgan fingerprint density at radius 2 is 1.93 bits per heavy atom. The lowest BCUT2D eigenvalue weighted by Gasteiger charge is -2.25. The largest absolute Gasteiger partial charge is 0.383 e. The number of benzene rings is 1. The number of amides is 1. The van der Waals surface area contributed by atoms with Crippen LogP contribution in [0.25, 0.3) is 0 Å². The van der Waals surface area contributed by atoms with E-state index in [-0.39, 0.29) is 29.1 Å². The number of hydrogen-bond acceptors (Lipinski definition) is 6.